The van der Waals surface area contributed by atoms with Crippen LogP contribution in [0, 0.1) is 0 Å². The van der Waals surface area contributed by atoms with E-state index in [9.17, 15) is 13.2 Å². The van der Waals surface area contributed by atoms with E-state index in [0.29, 0.717) is 12.1 Å². The number of nitrogens with zero attached hydrogens (tertiary/aromatic N) is 1. The maximum absolute atomic E-state index is 13.1. The number of halogens is 5. The third-order valence-corrected chi connectivity index (χ3v) is 5.29. The number of hydrogen-bond donors (Lipinski definition) is 0. The smallest absolute Gasteiger partial charge is 0.298 e. The van der Waals surface area contributed by atoms with E-state index < -0.39 is 11.7 Å². The lowest BCUT2D eigenvalue weighted by Crippen LogP contribution is -2.29. The second-order valence-corrected chi connectivity index (χ2v) is 7.54. The van der Waals surface area contributed by atoms with Gasteiger partial charge >= 0.3 is 6.18 Å². The summed E-state index contributed by atoms with van der Waals surface area (Å²) in [6.45, 7) is 4.07. The standard InChI is InChI=1S/C20H22BrClF3N/c1-15(16-7-3-2-4-8-16)13-26(12-6-11-21)14-17-9-5-10-18(19(17)22)20(23,24)25/h2-5,7-10,15H,6,11-14H2,1H3. The van der Waals surface area contributed by atoms with Gasteiger partial charge in [0.2, 0.25) is 0 Å². The van der Waals surface area contributed by atoms with Crippen molar-refractivity contribution in [3.05, 3.63) is 70.2 Å². The van der Waals surface area contributed by atoms with Crippen molar-refractivity contribution in [3.8, 4) is 0 Å². The summed E-state index contributed by atoms with van der Waals surface area (Å²) < 4.78 is 39.3. The van der Waals surface area contributed by atoms with E-state index in [2.05, 4.69) is 39.9 Å². The topological polar surface area (TPSA) is 3.24 Å². The molecule has 2 aromatic carbocycles. The second-order valence-electron chi connectivity index (χ2n) is 6.37. The van der Waals surface area contributed by atoms with Crippen molar-refractivity contribution in [2.45, 2.75) is 32.0 Å². The van der Waals surface area contributed by atoms with Crippen molar-refractivity contribution < 1.29 is 13.2 Å². The number of alkyl halides is 4. The molecule has 0 aliphatic heterocycles. The molecule has 2 rings (SSSR count). The molecule has 26 heavy (non-hydrogen) atoms. The van der Waals surface area contributed by atoms with E-state index in [1.807, 2.05) is 18.2 Å². The maximum Gasteiger partial charge on any atom is 0.417 e. The van der Waals surface area contributed by atoms with E-state index in [0.717, 1.165) is 30.9 Å². The quantitative estimate of drug-likeness (QED) is 0.404. The largest absolute Gasteiger partial charge is 0.417 e. The van der Waals surface area contributed by atoms with Gasteiger partial charge in [-0.2, -0.15) is 13.2 Å². The molecule has 0 aromatic heterocycles. The minimum absolute atomic E-state index is 0.198. The summed E-state index contributed by atoms with van der Waals surface area (Å²) in [5.74, 6) is 0.274. The van der Waals surface area contributed by atoms with E-state index in [1.165, 1.54) is 11.6 Å². The van der Waals surface area contributed by atoms with Crippen LogP contribution in [0.1, 0.15) is 36.0 Å². The van der Waals surface area contributed by atoms with Crippen molar-refractivity contribution in [2.24, 2.45) is 0 Å². The van der Waals surface area contributed by atoms with Gasteiger partial charge in [-0.05, 0) is 36.1 Å². The lowest BCUT2D eigenvalue weighted by Gasteiger charge is -2.27. The Morgan fingerprint density at radius 2 is 1.77 bits per heavy atom. The Morgan fingerprint density at radius 1 is 1.08 bits per heavy atom. The second kappa shape index (κ2) is 9.77. The Balaban J connectivity index is 2.18. The molecule has 1 unspecified atom stereocenters. The molecule has 0 aliphatic rings. The highest BCUT2D eigenvalue weighted by atomic mass is 79.9. The Morgan fingerprint density at radius 3 is 2.38 bits per heavy atom. The van der Waals surface area contributed by atoms with Crippen LogP contribution in [0.25, 0.3) is 0 Å². The van der Waals surface area contributed by atoms with Crippen LogP contribution in [-0.2, 0) is 12.7 Å². The number of benzene rings is 2. The van der Waals surface area contributed by atoms with Gasteiger partial charge in [-0.1, -0.05) is 76.9 Å². The van der Waals surface area contributed by atoms with Gasteiger partial charge in [-0.3, -0.25) is 4.90 Å². The molecule has 0 spiro atoms. The highest BCUT2D eigenvalue weighted by Crippen LogP contribution is 2.36. The van der Waals surface area contributed by atoms with Gasteiger partial charge < -0.3 is 0 Å². The van der Waals surface area contributed by atoms with Crippen LogP contribution < -0.4 is 0 Å². The van der Waals surface area contributed by atoms with Crippen LogP contribution >= 0.6 is 27.5 Å². The molecule has 0 N–H and O–H groups in total. The highest BCUT2D eigenvalue weighted by Gasteiger charge is 2.34. The minimum atomic E-state index is -4.44. The van der Waals surface area contributed by atoms with E-state index in [1.54, 1.807) is 6.07 Å². The van der Waals surface area contributed by atoms with Crippen LogP contribution in [0.3, 0.4) is 0 Å². The van der Waals surface area contributed by atoms with Gasteiger partial charge in [0.1, 0.15) is 0 Å². The Bertz CT molecular complexity index is 691. The van der Waals surface area contributed by atoms with Crippen molar-refractivity contribution in [3.63, 3.8) is 0 Å². The van der Waals surface area contributed by atoms with Crippen molar-refractivity contribution in [1.82, 2.24) is 4.90 Å². The fraction of sp³-hybridized carbons (Fsp3) is 0.400. The molecular weight excluding hydrogens is 427 g/mol. The molecule has 1 atom stereocenters. The summed E-state index contributed by atoms with van der Waals surface area (Å²) in [4.78, 5) is 2.17. The molecule has 0 radical (unpaired) electrons. The van der Waals surface area contributed by atoms with Crippen LogP contribution in [0.15, 0.2) is 48.5 Å². The Labute approximate surface area is 166 Å². The number of hydrogen-bond acceptors (Lipinski definition) is 1. The van der Waals surface area contributed by atoms with Crippen molar-refractivity contribution in [2.75, 3.05) is 18.4 Å². The third-order valence-electron chi connectivity index (χ3n) is 4.29. The number of rotatable bonds is 8. The molecule has 0 saturated heterocycles. The first-order valence-electron chi connectivity index (χ1n) is 8.50. The van der Waals surface area contributed by atoms with Crippen molar-refractivity contribution in [1.29, 1.82) is 0 Å². The maximum atomic E-state index is 13.1. The van der Waals surface area contributed by atoms with Gasteiger partial charge in [0, 0.05) is 18.4 Å². The molecule has 0 heterocycles. The summed E-state index contributed by atoms with van der Waals surface area (Å²) >= 11 is 9.49. The SMILES string of the molecule is CC(CN(CCCBr)Cc1cccc(C(F)(F)F)c1Cl)c1ccccc1. The zero-order valence-corrected chi connectivity index (χ0v) is 16.9. The first kappa shape index (κ1) is 21.3. The third kappa shape index (κ3) is 6.00. The summed E-state index contributed by atoms with van der Waals surface area (Å²) in [5.41, 5.74) is 0.955. The van der Waals surface area contributed by atoms with E-state index in [4.69, 9.17) is 11.6 Å². The normalized spacial score (nSPS) is 13.2. The average Bonchev–Trinajstić information content (AvgIpc) is 2.61. The Kier molecular flexibility index (Phi) is 7.99. The lowest BCUT2D eigenvalue weighted by atomic mass is 10.00. The Hall–Kier alpha value is -1.04. The molecule has 6 heteroatoms. The van der Waals surface area contributed by atoms with E-state index in [-0.39, 0.29) is 10.9 Å². The van der Waals surface area contributed by atoms with Crippen LogP contribution in [0.4, 0.5) is 13.2 Å². The zero-order valence-electron chi connectivity index (χ0n) is 14.6. The van der Waals surface area contributed by atoms with Gasteiger partial charge in [0.15, 0.2) is 0 Å². The predicted molar refractivity (Wildman–Crippen MR) is 105 cm³/mol. The predicted octanol–water partition coefficient (Wildman–Crippen LogP) is 6.75. The molecule has 2 aromatic rings. The summed E-state index contributed by atoms with van der Waals surface area (Å²) in [6.07, 6.45) is -3.52. The molecule has 1 nitrogen and oxygen atoms in total. The average molecular weight is 449 g/mol. The van der Waals surface area contributed by atoms with Gasteiger partial charge in [-0.15, -0.1) is 0 Å². The van der Waals surface area contributed by atoms with Crippen LogP contribution in [0.2, 0.25) is 5.02 Å². The molecule has 142 valence electrons. The van der Waals surface area contributed by atoms with Gasteiger partial charge in [0.05, 0.1) is 10.6 Å². The molecule has 0 amide bonds. The first-order valence-corrected chi connectivity index (χ1v) is 10.0. The monoisotopic (exact) mass is 447 g/mol. The fourth-order valence-corrected chi connectivity index (χ4v) is 3.50. The summed E-state index contributed by atoms with van der Waals surface area (Å²) in [7, 11) is 0. The fourth-order valence-electron chi connectivity index (χ4n) is 2.95. The van der Waals surface area contributed by atoms with E-state index >= 15 is 0 Å². The van der Waals surface area contributed by atoms with Gasteiger partial charge in [-0.25, -0.2) is 0 Å². The minimum Gasteiger partial charge on any atom is -0.298 e. The molecule has 0 bridgehead atoms. The first-order chi connectivity index (χ1) is 12.3. The van der Waals surface area contributed by atoms with Crippen LogP contribution in [-0.4, -0.2) is 23.3 Å². The summed E-state index contributed by atoms with van der Waals surface area (Å²) in [6, 6.07) is 14.2. The molecule has 0 fully saturated rings. The molecule has 0 aliphatic carbocycles. The highest BCUT2D eigenvalue weighted by molar-refractivity contribution is 9.09. The van der Waals surface area contributed by atoms with Crippen LogP contribution in [0.5, 0.6) is 0 Å². The van der Waals surface area contributed by atoms with Crippen molar-refractivity contribution >= 4 is 27.5 Å². The summed E-state index contributed by atoms with van der Waals surface area (Å²) in [5, 5.41) is 0.649. The van der Waals surface area contributed by atoms with Gasteiger partial charge in [0.25, 0.3) is 0 Å². The zero-order chi connectivity index (χ0) is 19.2. The molecule has 0 saturated carbocycles. The molecular formula is C20H22BrClF3N. The lowest BCUT2D eigenvalue weighted by molar-refractivity contribution is -0.137.